The summed E-state index contributed by atoms with van der Waals surface area (Å²) in [6.45, 7) is 1.99. The first-order valence-electron chi connectivity index (χ1n) is 19.9. The average molecular weight is 897 g/mol. The van der Waals surface area contributed by atoms with Crippen LogP contribution in [-0.4, -0.2) is 127 Å². The molecule has 0 unspecified atom stereocenters. The van der Waals surface area contributed by atoms with E-state index < -0.39 is 128 Å². The van der Waals surface area contributed by atoms with Crippen LogP contribution in [0.2, 0.25) is 0 Å². The van der Waals surface area contributed by atoms with Gasteiger partial charge in [0.1, 0.15) is 24.2 Å². The van der Waals surface area contributed by atoms with Crippen molar-refractivity contribution >= 4 is 71.2 Å². The Morgan fingerprint density at radius 1 is 0.578 bits per heavy atom. The quantitative estimate of drug-likeness (QED) is 0.0445. The topological polar surface area (TPSA) is 358 Å². The molecule has 7 amide bonds. The van der Waals surface area contributed by atoms with Crippen molar-refractivity contribution in [1.29, 1.82) is 0 Å². The van der Waals surface area contributed by atoms with Crippen molar-refractivity contribution < 1.29 is 82.8 Å². The molecular weight excluding hydrogens is 848 g/mol. The van der Waals surface area contributed by atoms with Gasteiger partial charge in [0.05, 0.1) is 5.56 Å². The minimum Gasteiger partial charge on any atom is -0.481 e. The molecule has 2 aromatic rings. The molecule has 2 aromatic carbocycles. The third-order valence-corrected chi connectivity index (χ3v) is 9.47. The predicted octanol–water partition coefficient (Wildman–Crippen LogP) is 0.0479. The van der Waals surface area contributed by atoms with E-state index >= 15 is 0 Å². The predicted molar refractivity (Wildman–Crippen MR) is 216 cm³/mol. The minimum absolute atomic E-state index is 0.142. The summed E-state index contributed by atoms with van der Waals surface area (Å²) >= 11 is 0. The number of benzene rings is 2. The molecule has 1 fully saturated rings. The van der Waals surface area contributed by atoms with Gasteiger partial charge >= 0.3 is 29.8 Å². The summed E-state index contributed by atoms with van der Waals surface area (Å²) in [5.41, 5.74) is 0.725. The Balaban J connectivity index is 1.72. The number of rotatable bonds is 26. The molecule has 23 heteroatoms. The van der Waals surface area contributed by atoms with Crippen LogP contribution in [0.3, 0.4) is 0 Å². The number of carbonyl (C=O) groups is 12. The van der Waals surface area contributed by atoms with Gasteiger partial charge in [0.25, 0.3) is 23.6 Å². The number of aryl methyl sites for hydroxylation is 1. The first kappa shape index (κ1) is 50.6. The molecular formula is C41H48N6O17. The summed E-state index contributed by atoms with van der Waals surface area (Å²) in [5, 5.41) is 49.8. The Bertz CT molecular complexity index is 2130. The Labute approximate surface area is 364 Å². The molecule has 1 saturated heterocycles. The number of nitrogens with zero attached hydrogens (tertiary/aromatic N) is 1. The van der Waals surface area contributed by atoms with Crippen LogP contribution in [-0.2, 0) is 48.0 Å². The van der Waals surface area contributed by atoms with E-state index in [0.717, 1.165) is 11.6 Å². The maximum Gasteiger partial charge on any atom is 0.363 e. The highest BCUT2D eigenvalue weighted by Crippen LogP contribution is 2.16. The van der Waals surface area contributed by atoms with E-state index in [2.05, 4.69) is 26.6 Å². The second-order valence-electron chi connectivity index (χ2n) is 14.5. The molecule has 1 aliphatic rings. The molecule has 4 atom stereocenters. The Morgan fingerprint density at radius 3 is 1.52 bits per heavy atom. The molecule has 0 spiro atoms. The van der Waals surface area contributed by atoms with Crippen LogP contribution in [0.15, 0.2) is 48.5 Å². The zero-order valence-corrected chi connectivity index (χ0v) is 34.5. The molecule has 23 nitrogen and oxygen atoms in total. The van der Waals surface area contributed by atoms with Gasteiger partial charge in [0.2, 0.25) is 17.7 Å². The SMILES string of the molecule is Cc1cccc(C(=O)NCCCC[C@@H](NC(=O)[C@@H](CCC(=O)O)NC(=O)[C@@H](CCC(=O)O)NC(=O)[C@@H](CCC(=O)O)NC(=O)c2cccc(C(=O)ON3C(=O)CCC3=O)c2)C(=O)O)c1. The molecule has 0 radical (unpaired) electrons. The number of nitrogens with one attached hydrogen (secondary N) is 5. The highest BCUT2D eigenvalue weighted by molar-refractivity contribution is 6.04. The summed E-state index contributed by atoms with van der Waals surface area (Å²) in [6.07, 6.45) is -3.97. The molecule has 0 bridgehead atoms. The largest absolute Gasteiger partial charge is 0.481 e. The number of hydrogen-bond acceptors (Lipinski definition) is 13. The molecule has 64 heavy (non-hydrogen) atoms. The number of carboxylic acids is 4. The van der Waals surface area contributed by atoms with Gasteiger partial charge in [-0.15, -0.1) is 5.06 Å². The number of hydrogen-bond donors (Lipinski definition) is 9. The molecule has 3 rings (SSSR count). The summed E-state index contributed by atoms with van der Waals surface area (Å²) in [7, 11) is 0. The van der Waals surface area contributed by atoms with E-state index in [4.69, 9.17) is 4.84 Å². The summed E-state index contributed by atoms with van der Waals surface area (Å²) in [6, 6.07) is 4.66. The van der Waals surface area contributed by atoms with Gasteiger partial charge in [0.15, 0.2) is 0 Å². The Hall–Kier alpha value is -7.72. The second kappa shape index (κ2) is 24.7. The molecule has 0 aromatic heterocycles. The molecule has 9 N–H and O–H groups in total. The standard InChI is InChI=1S/C41H48N6O17/c1-22-6-4-7-23(20-22)35(56)42-19-3-2-10-29(40(61)62)46-39(60)28(13-18-34(54)55)45-38(59)27(12-17-33(52)53)44-37(58)26(11-16-32(50)51)43-36(57)24-8-5-9-25(21-24)41(63)64-47-30(48)14-15-31(47)49/h4-9,20-21,26-29H,2-3,10-19H2,1H3,(H,42,56)(H,43,57)(H,44,58)(H,45,59)(H,46,60)(H,50,51)(H,52,53)(H,54,55)(H,61,62)/t26-,27-,28-,29-/m1/s1. The van der Waals surface area contributed by atoms with E-state index in [1.807, 2.05) is 13.0 Å². The van der Waals surface area contributed by atoms with Crippen molar-refractivity contribution in [2.45, 2.75) is 102 Å². The van der Waals surface area contributed by atoms with Crippen LogP contribution in [0.5, 0.6) is 0 Å². The Morgan fingerprint density at radius 2 is 1.03 bits per heavy atom. The first-order chi connectivity index (χ1) is 30.2. The number of carboxylic acid groups (broad SMARTS) is 4. The second-order valence-corrected chi connectivity index (χ2v) is 14.5. The third-order valence-electron chi connectivity index (χ3n) is 9.47. The molecule has 344 valence electrons. The van der Waals surface area contributed by atoms with Crippen molar-refractivity contribution in [1.82, 2.24) is 31.6 Å². The fourth-order valence-electron chi connectivity index (χ4n) is 6.07. The number of aliphatic carboxylic acids is 4. The van der Waals surface area contributed by atoms with Crippen LogP contribution in [0.25, 0.3) is 0 Å². The van der Waals surface area contributed by atoms with E-state index in [9.17, 15) is 78.0 Å². The highest BCUT2D eigenvalue weighted by Gasteiger charge is 2.34. The van der Waals surface area contributed by atoms with Crippen LogP contribution in [0.4, 0.5) is 0 Å². The lowest BCUT2D eigenvalue weighted by Gasteiger charge is -2.26. The van der Waals surface area contributed by atoms with Gasteiger partial charge in [-0.2, -0.15) is 0 Å². The van der Waals surface area contributed by atoms with Crippen molar-refractivity contribution in [2.24, 2.45) is 0 Å². The van der Waals surface area contributed by atoms with Gasteiger partial charge in [-0.1, -0.05) is 23.8 Å². The third kappa shape index (κ3) is 16.6. The van der Waals surface area contributed by atoms with Crippen molar-refractivity contribution in [3.05, 3.63) is 70.8 Å². The number of imide groups is 1. The molecule has 1 aliphatic heterocycles. The smallest absolute Gasteiger partial charge is 0.363 e. The first-order valence-corrected chi connectivity index (χ1v) is 19.9. The number of hydroxylamine groups is 2. The fourth-order valence-corrected chi connectivity index (χ4v) is 6.07. The van der Waals surface area contributed by atoms with Crippen molar-refractivity contribution in [3.63, 3.8) is 0 Å². The minimum atomic E-state index is -1.80. The van der Waals surface area contributed by atoms with E-state index in [1.54, 1.807) is 18.2 Å². The van der Waals surface area contributed by atoms with Crippen molar-refractivity contribution in [3.8, 4) is 0 Å². The van der Waals surface area contributed by atoms with E-state index in [-0.39, 0.29) is 54.3 Å². The lowest BCUT2D eigenvalue weighted by Crippen LogP contribution is -2.58. The summed E-state index contributed by atoms with van der Waals surface area (Å²) in [5.74, 6) is -13.4. The van der Waals surface area contributed by atoms with Crippen molar-refractivity contribution in [2.75, 3.05) is 6.54 Å². The number of carbonyl (C=O) groups excluding carboxylic acids is 8. The zero-order valence-electron chi connectivity index (χ0n) is 34.5. The van der Waals surface area contributed by atoms with Gasteiger partial charge in [-0.25, -0.2) is 9.59 Å². The molecule has 0 saturated carbocycles. The van der Waals surface area contributed by atoms with Gasteiger partial charge < -0.3 is 51.8 Å². The van der Waals surface area contributed by atoms with Crippen LogP contribution >= 0.6 is 0 Å². The maximum atomic E-state index is 13.6. The van der Waals surface area contributed by atoms with Gasteiger partial charge in [0, 0.05) is 49.8 Å². The van der Waals surface area contributed by atoms with Crippen LogP contribution in [0.1, 0.15) is 107 Å². The number of unbranched alkanes of at least 4 members (excludes halogenated alkanes) is 1. The maximum absolute atomic E-state index is 13.6. The van der Waals surface area contributed by atoms with Crippen LogP contribution < -0.4 is 26.6 Å². The van der Waals surface area contributed by atoms with E-state index in [1.165, 1.54) is 18.2 Å². The average Bonchev–Trinajstić information content (AvgIpc) is 3.56. The van der Waals surface area contributed by atoms with Crippen LogP contribution in [0, 0.1) is 6.92 Å². The summed E-state index contributed by atoms with van der Waals surface area (Å²) < 4.78 is 0. The number of amides is 7. The monoisotopic (exact) mass is 896 g/mol. The van der Waals surface area contributed by atoms with Gasteiger partial charge in [-0.05, 0) is 75.8 Å². The summed E-state index contributed by atoms with van der Waals surface area (Å²) in [4.78, 5) is 154. The normalized spacial score (nSPS) is 13.9. The van der Waals surface area contributed by atoms with Gasteiger partial charge in [-0.3, -0.25) is 47.9 Å². The van der Waals surface area contributed by atoms with E-state index in [0.29, 0.717) is 12.0 Å². The fraction of sp³-hybridized carbons (Fsp3) is 0.415. The zero-order chi connectivity index (χ0) is 47.5. The highest BCUT2D eigenvalue weighted by atomic mass is 16.7. The molecule has 1 heterocycles. The lowest BCUT2D eigenvalue weighted by atomic mass is 10.0. The lowest BCUT2D eigenvalue weighted by molar-refractivity contribution is -0.172. The molecule has 0 aliphatic carbocycles. The Kier molecular flexibility index (Phi) is 19.5.